The van der Waals surface area contributed by atoms with Crippen molar-refractivity contribution >= 4 is 11.6 Å². The summed E-state index contributed by atoms with van der Waals surface area (Å²) in [5.74, 6) is -0.632. The lowest BCUT2D eigenvalue weighted by Gasteiger charge is -2.14. The van der Waals surface area contributed by atoms with Crippen LogP contribution in [0.2, 0.25) is 0 Å². The van der Waals surface area contributed by atoms with Crippen LogP contribution >= 0.6 is 0 Å². The van der Waals surface area contributed by atoms with Gasteiger partial charge in [-0.1, -0.05) is 42.5 Å². The SMILES string of the molecule is CNC(=O)C1=NC(c2ccccc2)OC1c1ccc(F)cc1. The maximum absolute atomic E-state index is 13.1. The quantitative estimate of drug-likeness (QED) is 0.947. The van der Waals surface area contributed by atoms with Crippen molar-refractivity contribution in [1.82, 2.24) is 5.32 Å². The Balaban J connectivity index is 1.95. The first-order chi connectivity index (χ1) is 10.7. The molecule has 0 radical (unpaired) electrons. The molecule has 2 unspecified atom stereocenters. The van der Waals surface area contributed by atoms with Gasteiger partial charge in [-0.25, -0.2) is 9.38 Å². The van der Waals surface area contributed by atoms with Crippen LogP contribution in [0, 0.1) is 5.82 Å². The van der Waals surface area contributed by atoms with Gasteiger partial charge in [-0.05, 0) is 17.7 Å². The summed E-state index contributed by atoms with van der Waals surface area (Å²) >= 11 is 0. The third kappa shape index (κ3) is 2.76. The lowest BCUT2D eigenvalue weighted by atomic mass is 10.0. The van der Waals surface area contributed by atoms with E-state index >= 15 is 0 Å². The molecule has 1 aliphatic heterocycles. The van der Waals surface area contributed by atoms with Crippen molar-refractivity contribution in [3.05, 3.63) is 71.5 Å². The molecular formula is C17H15FN2O2. The van der Waals surface area contributed by atoms with Gasteiger partial charge in [0.1, 0.15) is 17.6 Å². The number of nitrogens with one attached hydrogen (secondary N) is 1. The average molecular weight is 298 g/mol. The molecule has 2 aromatic carbocycles. The van der Waals surface area contributed by atoms with Crippen LogP contribution in [0.5, 0.6) is 0 Å². The first-order valence-corrected chi connectivity index (χ1v) is 6.94. The summed E-state index contributed by atoms with van der Waals surface area (Å²) in [4.78, 5) is 16.4. The van der Waals surface area contributed by atoms with Gasteiger partial charge >= 0.3 is 0 Å². The summed E-state index contributed by atoms with van der Waals surface area (Å²) in [7, 11) is 1.54. The molecule has 3 rings (SSSR count). The molecule has 0 saturated carbocycles. The zero-order valence-corrected chi connectivity index (χ0v) is 12.0. The Kier molecular flexibility index (Phi) is 3.98. The van der Waals surface area contributed by atoms with Gasteiger partial charge in [0.25, 0.3) is 5.91 Å². The summed E-state index contributed by atoms with van der Waals surface area (Å²) in [5, 5.41) is 2.57. The first-order valence-electron chi connectivity index (χ1n) is 6.94. The van der Waals surface area contributed by atoms with E-state index in [-0.39, 0.29) is 11.7 Å². The predicted octanol–water partition coefficient (Wildman–Crippen LogP) is 2.78. The lowest BCUT2D eigenvalue weighted by Crippen LogP contribution is -2.30. The smallest absolute Gasteiger partial charge is 0.268 e. The summed E-state index contributed by atoms with van der Waals surface area (Å²) in [6, 6.07) is 15.4. The number of hydrogen-bond acceptors (Lipinski definition) is 3. The largest absolute Gasteiger partial charge is 0.354 e. The number of amides is 1. The van der Waals surface area contributed by atoms with Crippen molar-refractivity contribution in [1.29, 1.82) is 0 Å². The van der Waals surface area contributed by atoms with Gasteiger partial charge in [-0.15, -0.1) is 0 Å². The normalized spacial score (nSPS) is 20.5. The number of ether oxygens (including phenoxy) is 1. The van der Waals surface area contributed by atoms with Crippen molar-refractivity contribution in [2.75, 3.05) is 7.05 Å². The van der Waals surface area contributed by atoms with Crippen LogP contribution in [-0.4, -0.2) is 18.7 Å². The van der Waals surface area contributed by atoms with E-state index in [1.807, 2.05) is 30.3 Å². The molecule has 4 nitrogen and oxygen atoms in total. The number of rotatable bonds is 3. The van der Waals surface area contributed by atoms with E-state index in [0.717, 1.165) is 5.56 Å². The van der Waals surface area contributed by atoms with Crippen molar-refractivity contribution < 1.29 is 13.9 Å². The Morgan fingerprint density at radius 1 is 1.09 bits per heavy atom. The zero-order chi connectivity index (χ0) is 15.5. The Hall–Kier alpha value is -2.53. The van der Waals surface area contributed by atoms with Crippen LogP contribution in [-0.2, 0) is 9.53 Å². The Morgan fingerprint density at radius 3 is 2.41 bits per heavy atom. The molecular weight excluding hydrogens is 283 g/mol. The van der Waals surface area contributed by atoms with E-state index in [1.54, 1.807) is 19.2 Å². The van der Waals surface area contributed by atoms with E-state index in [2.05, 4.69) is 10.3 Å². The highest BCUT2D eigenvalue weighted by Crippen LogP contribution is 2.35. The number of carbonyl (C=O) groups excluding carboxylic acids is 1. The standard InChI is InChI=1S/C17H15FN2O2/c1-19-16(21)14-15(11-7-9-13(18)10-8-11)22-17(20-14)12-5-3-2-4-6-12/h2-10,15,17H,1H3,(H,19,21). The average Bonchev–Trinajstić information content (AvgIpc) is 3.01. The fraction of sp³-hybridized carbons (Fsp3) is 0.176. The van der Waals surface area contributed by atoms with Gasteiger partial charge in [-0.2, -0.15) is 0 Å². The van der Waals surface area contributed by atoms with E-state index in [4.69, 9.17) is 4.74 Å². The number of nitrogens with zero attached hydrogens (tertiary/aromatic N) is 1. The Bertz CT molecular complexity index is 698. The third-order valence-corrected chi connectivity index (χ3v) is 3.49. The maximum Gasteiger partial charge on any atom is 0.268 e. The fourth-order valence-electron chi connectivity index (χ4n) is 2.37. The highest BCUT2D eigenvalue weighted by molar-refractivity contribution is 6.40. The molecule has 1 amide bonds. The van der Waals surface area contributed by atoms with Crippen molar-refractivity contribution in [3.63, 3.8) is 0 Å². The third-order valence-electron chi connectivity index (χ3n) is 3.49. The molecule has 0 saturated heterocycles. The zero-order valence-electron chi connectivity index (χ0n) is 12.0. The molecule has 0 bridgehead atoms. The monoisotopic (exact) mass is 298 g/mol. The molecule has 0 aliphatic carbocycles. The second kappa shape index (κ2) is 6.07. The lowest BCUT2D eigenvalue weighted by molar-refractivity contribution is -0.114. The van der Waals surface area contributed by atoms with E-state index < -0.39 is 12.3 Å². The van der Waals surface area contributed by atoms with Crippen LogP contribution < -0.4 is 5.32 Å². The molecule has 1 heterocycles. The molecule has 1 aliphatic rings. The van der Waals surface area contributed by atoms with Gasteiger partial charge in [0, 0.05) is 12.6 Å². The number of hydrogen-bond donors (Lipinski definition) is 1. The molecule has 2 aromatic rings. The summed E-state index contributed by atoms with van der Waals surface area (Å²) in [5.41, 5.74) is 1.86. The maximum atomic E-state index is 13.1. The molecule has 2 atom stereocenters. The number of halogens is 1. The predicted molar refractivity (Wildman–Crippen MR) is 80.9 cm³/mol. The van der Waals surface area contributed by atoms with Gasteiger partial charge in [-0.3, -0.25) is 4.79 Å². The minimum atomic E-state index is -0.606. The summed E-state index contributed by atoms with van der Waals surface area (Å²) in [6.45, 7) is 0. The van der Waals surface area contributed by atoms with Gasteiger partial charge in [0.15, 0.2) is 6.23 Å². The van der Waals surface area contributed by atoms with Crippen LogP contribution in [0.3, 0.4) is 0 Å². The molecule has 22 heavy (non-hydrogen) atoms. The van der Waals surface area contributed by atoms with Crippen molar-refractivity contribution in [2.24, 2.45) is 4.99 Å². The van der Waals surface area contributed by atoms with Crippen LogP contribution in [0.25, 0.3) is 0 Å². The molecule has 0 fully saturated rings. The molecule has 5 heteroatoms. The van der Waals surface area contributed by atoms with Crippen LogP contribution in [0.1, 0.15) is 23.5 Å². The number of carbonyl (C=O) groups is 1. The second-order valence-electron chi connectivity index (χ2n) is 4.92. The first kappa shape index (κ1) is 14.4. The topological polar surface area (TPSA) is 50.7 Å². The summed E-state index contributed by atoms with van der Waals surface area (Å²) < 4.78 is 19.0. The molecule has 0 spiro atoms. The van der Waals surface area contributed by atoms with Gasteiger partial charge < -0.3 is 10.1 Å². The van der Waals surface area contributed by atoms with Crippen molar-refractivity contribution in [3.8, 4) is 0 Å². The van der Waals surface area contributed by atoms with E-state index in [0.29, 0.717) is 11.3 Å². The van der Waals surface area contributed by atoms with Crippen LogP contribution in [0.15, 0.2) is 59.6 Å². The minimum Gasteiger partial charge on any atom is -0.354 e. The Morgan fingerprint density at radius 2 is 1.77 bits per heavy atom. The highest BCUT2D eigenvalue weighted by Gasteiger charge is 2.34. The summed E-state index contributed by atoms with van der Waals surface area (Å²) in [6.07, 6.45) is -1.14. The van der Waals surface area contributed by atoms with Crippen LogP contribution in [0.4, 0.5) is 4.39 Å². The highest BCUT2D eigenvalue weighted by atomic mass is 19.1. The van der Waals surface area contributed by atoms with Gasteiger partial charge in [0.05, 0.1) is 0 Å². The van der Waals surface area contributed by atoms with Crippen molar-refractivity contribution in [2.45, 2.75) is 12.3 Å². The molecule has 112 valence electrons. The fourth-order valence-corrected chi connectivity index (χ4v) is 2.37. The van der Waals surface area contributed by atoms with E-state index in [9.17, 15) is 9.18 Å². The second-order valence-corrected chi connectivity index (χ2v) is 4.92. The number of benzene rings is 2. The Labute approximate surface area is 127 Å². The minimum absolute atomic E-state index is 0.294. The van der Waals surface area contributed by atoms with E-state index in [1.165, 1.54) is 12.1 Å². The number of aliphatic imine (C=N–C) groups is 1. The molecule has 1 N–H and O–H groups in total. The van der Waals surface area contributed by atoms with Gasteiger partial charge in [0.2, 0.25) is 0 Å². The molecule has 0 aromatic heterocycles.